The Hall–Kier alpha value is -0.890. The van der Waals surface area contributed by atoms with Crippen molar-refractivity contribution in [2.75, 3.05) is 0 Å². The van der Waals surface area contributed by atoms with Crippen LogP contribution in [0.25, 0.3) is 0 Å². The topological polar surface area (TPSA) is 33.1 Å². The summed E-state index contributed by atoms with van der Waals surface area (Å²) in [6.45, 7) is 0. The highest BCUT2D eigenvalue weighted by atomic mass is 16.3. The van der Waals surface area contributed by atoms with Crippen molar-refractivity contribution >= 4 is 0 Å². The second-order valence-corrected chi connectivity index (χ2v) is 2.98. The molecule has 0 radical (unpaired) electrons. The Morgan fingerprint density at radius 1 is 1.55 bits per heavy atom. The molecule has 58 valence electrons. The quantitative estimate of drug-likeness (QED) is 0.605. The molecule has 1 heterocycles. The molecule has 0 saturated carbocycles. The van der Waals surface area contributed by atoms with Crippen LogP contribution < -0.4 is 0 Å². The molecule has 1 aromatic rings. The van der Waals surface area contributed by atoms with Crippen molar-refractivity contribution in [1.29, 1.82) is 0 Å². The number of aromatic nitrogens is 1. The predicted octanol–water partition coefficient (Wildman–Crippen LogP) is 1.45. The molecule has 1 N–H and O–H groups in total. The van der Waals surface area contributed by atoms with Crippen LogP contribution in [0.3, 0.4) is 0 Å². The Kier molecular flexibility index (Phi) is 1.62. The minimum absolute atomic E-state index is 0.271. The van der Waals surface area contributed by atoms with Gasteiger partial charge >= 0.3 is 0 Å². The number of aliphatic hydroxyl groups excluding tert-OH is 1. The van der Waals surface area contributed by atoms with Crippen molar-refractivity contribution < 1.29 is 5.11 Å². The zero-order chi connectivity index (χ0) is 7.68. The Bertz CT molecular complexity index is 259. The number of aliphatic hydroxyl groups is 1. The summed E-state index contributed by atoms with van der Waals surface area (Å²) >= 11 is 0. The zero-order valence-corrected chi connectivity index (χ0v) is 6.33. The predicted molar refractivity (Wildman–Crippen MR) is 42.1 cm³/mol. The first-order valence-corrected chi connectivity index (χ1v) is 3.99. The minimum Gasteiger partial charge on any atom is -0.388 e. The standard InChI is InChI=1S/C9H11NO/c11-9-3-1-2-7-4-5-10-6-8(7)9/h4-6,9,11H,1-3H2/t9-/m1/s1. The van der Waals surface area contributed by atoms with Gasteiger partial charge in [0.2, 0.25) is 0 Å². The fourth-order valence-electron chi connectivity index (χ4n) is 1.60. The summed E-state index contributed by atoms with van der Waals surface area (Å²) in [5, 5.41) is 9.52. The molecule has 1 aliphatic carbocycles. The molecule has 0 aromatic carbocycles. The molecule has 0 aliphatic heterocycles. The lowest BCUT2D eigenvalue weighted by Gasteiger charge is -2.19. The van der Waals surface area contributed by atoms with Gasteiger partial charge in [-0.05, 0) is 30.9 Å². The largest absolute Gasteiger partial charge is 0.388 e. The Morgan fingerprint density at radius 2 is 2.45 bits per heavy atom. The van der Waals surface area contributed by atoms with Crippen molar-refractivity contribution in [3.05, 3.63) is 29.6 Å². The molecule has 1 aliphatic rings. The third kappa shape index (κ3) is 1.14. The van der Waals surface area contributed by atoms with Crippen LogP contribution >= 0.6 is 0 Å². The summed E-state index contributed by atoms with van der Waals surface area (Å²) in [5.41, 5.74) is 2.29. The van der Waals surface area contributed by atoms with Crippen LogP contribution in [0, 0.1) is 0 Å². The molecule has 2 heteroatoms. The van der Waals surface area contributed by atoms with Gasteiger partial charge in [-0.3, -0.25) is 4.98 Å². The fourth-order valence-corrected chi connectivity index (χ4v) is 1.60. The molecule has 0 spiro atoms. The van der Waals surface area contributed by atoms with Crippen LogP contribution in [-0.4, -0.2) is 10.1 Å². The smallest absolute Gasteiger partial charge is 0.0807 e. The van der Waals surface area contributed by atoms with E-state index in [-0.39, 0.29) is 6.10 Å². The lowest BCUT2D eigenvalue weighted by atomic mass is 9.91. The first-order valence-electron chi connectivity index (χ1n) is 3.99. The first-order chi connectivity index (χ1) is 5.38. The van der Waals surface area contributed by atoms with Gasteiger partial charge in [0.15, 0.2) is 0 Å². The summed E-state index contributed by atoms with van der Waals surface area (Å²) in [6.07, 6.45) is 6.37. The zero-order valence-electron chi connectivity index (χ0n) is 6.33. The van der Waals surface area contributed by atoms with E-state index in [1.807, 2.05) is 6.07 Å². The molecule has 0 bridgehead atoms. The Labute approximate surface area is 65.9 Å². The van der Waals surface area contributed by atoms with Crippen molar-refractivity contribution in [2.45, 2.75) is 25.4 Å². The van der Waals surface area contributed by atoms with Gasteiger partial charge < -0.3 is 5.11 Å². The summed E-state index contributed by atoms with van der Waals surface area (Å²) < 4.78 is 0. The van der Waals surface area contributed by atoms with E-state index >= 15 is 0 Å². The highest BCUT2D eigenvalue weighted by Crippen LogP contribution is 2.27. The SMILES string of the molecule is O[C@@H]1CCCc2ccncc21. The van der Waals surface area contributed by atoms with Crippen molar-refractivity contribution in [3.63, 3.8) is 0 Å². The van der Waals surface area contributed by atoms with Crippen LogP contribution in [0.4, 0.5) is 0 Å². The molecule has 0 unspecified atom stereocenters. The Morgan fingerprint density at radius 3 is 3.27 bits per heavy atom. The number of nitrogens with zero attached hydrogens (tertiary/aromatic N) is 1. The van der Waals surface area contributed by atoms with Gasteiger partial charge in [-0.25, -0.2) is 0 Å². The minimum atomic E-state index is -0.271. The molecule has 0 amide bonds. The summed E-state index contributed by atoms with van der Waals surface area (Å²) in [4.78, 5) is 3.99. The van der Waals surface area contributed by atoms with Crippen molar-refractivity contribution in [2.24, 2.45) is 0 Å². The van der Waals surface area contributed by atoms with E-state index < -0.39 is 0 Å². The number of pyridine rings is 1. The number of rotatable bonds is 0. The van der Waals surface area contributed by atoms with Crippen LogP contribution in [0.1, 0.15) is 30.1 Å². The van der Waals surface area contributed by atoms with Gasteiger partial charge in [0, 0.05) is 18.0 Å². The normalized spacial score (nSPS) is 22.8. The van der Waals surface area contributed by atoms with E-state index in [9.17, 15) is 5.11 Å². The molecule has 11 heavy (non-hydrogen) atoms. The highest BCUT2D eigenvalue weighted by molar-refractivity contribution is 5.27. The number of hydrogen-bond acceptors (Lipinski definition) is 2. The van der Waals surface area contributed by atoms with Gasteiger partial charge in [-0.1, -0.05) is 0 Å². The number of hydrogen-bond donors (Lipinski definition) is 1. The second-order valence-electron chi connectivity index (χ2n) is 2.98. The van der Waals surface area contributed by atoms with E-state index in [4.69, 9.17) is 0 Å². The monoisotopic (exact) mass is 149 g/mol. The summed E-state index contributed by atoms with van der Waals surface area (Å²) in [5.74, 6) is 0. The first kappa shape index (κ1) is 6.80. The third-order valence-corrected chi connectivity index (χ3v) is 2.23. The van der Waals surface area contributed by atoms with Crippen molar-refractivity contribution in [3.8, 4) is 0 Å². The molecular formula is C9H11NO. The molecule has 0 fully saturated rings. The van der Waals surface area contributed by atoms with E-state index in [1.165, 1.54) is 5.56 Å². The third-order valence-electron chi connectivity index (χ3n) is 2.23. The Balaban J connectivity index is 2.44. The second kappa shape index (κ2) is 2.62. The molecule has 1 atom stereocenters. The average Bonchev–Trinajstić information content (AvgIpc) is 2.06. The van der Waals surface area contributed by atoms with Gasteiger partial charge in [0.05, 0.1) is 6.10 Å². The van der Waals surface area contributed by atoms with Gasteiger partial charge in [-0.15, -0.1) is 0 Å². The fraction of sp³-hybridized carbons (Fsp3) is 0.444. The van der Waals surface area contributed by atoms with Crippen LogP contribution in [-0.2, 0) is 6.42 Å². The maximum atomic E-state index is 9.52. The average molecular weight is 149 g/mol. The molecular weight excluding hydrogens is 138 g/mol. The lowest BCUT2D eigenvalue weighted by molar-refractivity contribution is 0.156. The highest BCUT2D eigenvalue weighted by Gasteiger charge is 2.16. The summed E-state index contributed by atoms with van der Waals surface area (Å²) in [7, 11) is 0. The number of aryl methyl sites for hydroxylation is 1. The summed E-state index contributed by atoms with van der Waals surface area (Å²) in [6, 6.07) is 2.00. The number of fused-ring (bicyclic) bond motifs is 1. The van der Waals surface area contributed by atoms with Crippen LogP contribution in [0.15, 0.2) is 18.5 Å². The van der Waals surface area contributed by atoms with Crippen LogP contribution in [0.5, 0.6) is 0 Å². The molecule has 2 rings (SSSR count). The van der Waals surface area contributed by atoms with E-state index in [0.717, 1.165) is 24.8 Å². The van der Waals surface area contributed by atoms with Crippen LogP contribution in [0.2, 0.25) is 0 Å². The molecule has 0 saturated heterocycles. The van der Waals surface area contributed by atoms with E-state index in [2.05, 4.69) is 4.98 Å². The van der Waals surface area contributed by atoms with Gasteiger partial charge in [0.25, 0.3) is 0 Å². The maximum Gasteiger partial charge on any atom is 0.0807 e. The lowest BCUT2D eigenvalue weighted by Crippen LogP contribution is -2.08. The van der Waals surface area contributed by atoms with E-state index in [0.29, 0.717) is 0 Å². The van der Waals surface area contributed by atoms with Gasteiger partial charge in [0.1, 0.15) is 0 Å². The molecule has 1 aromatic heterocycles. The maximum absolute atomic E-state index is 9.52. The van der Waals surface area contributed by atoms with E-state index in [1.54, 1.807) is 12.4 Å². The van der Waals surface area contributed by atoms with Gasteiger partial charge in [-0.2, -0.15) is 0 Å². The van der Waals surface area contributed by atoms with Crippen molar-refractivity contribution in [1.82, 2.24) is 4.98 Å². The molecule has 2 nitrogen and oxygen atoms in total.